The number of amides is 1. The van der Waals surface area contributed by atoms with Gasteiger partial charge in [-0.3, -0.25) is 4.79 Å². The molecule has 1 fully saturated rings. The maximum Gasteiger partial charge on any atom is 0.253 e. The number of ether oxygens (including phenoxy) is 2. The van der Waals surface area contributed by atoms with Gasteiger partial charge in [0, 0.05) is 49.2 Å². The molecule has 0 saturated carbocycles. The predicted octanol–water partition coefficient (Wildman–Crippen LogP) is 2.55. The van der Waals surface area contributed by atoms with Crippen molar-refractivity contribution in [1.82, 2.24) is 9.80 Å². The van der Waals surface area contributed by atoms with E-state index in [-0.39, 0.29) is 12.7 Å². The number of hydrogen-bond donors (Lipinski definition) is 1. The summed E-state index contributed by atoms with van der Waals surface area (Å²) in [6.07, 6.45) is 0. The third kappa shape index (κ3) is 3.39. The Kier molecular flexibility index (Phi) is 4.19. The fourth-order valence-corrected chi connectivity index (χ4v) is 3.03. The highest BCUT2D eigenvalue weighted by atomic mass is 16.7. The summed E-state index contributed by atoms with van der Waals surface area (Å²) >= 11 is 0. The fraction of sp³-hybridized carbons (Fsp3) is 0.316. The normalized spacial score (nSPS) is 16.8. The van der Waals surface area contributed by atoms with Crippen molar-refractivity contribution in [3.8, 4) is 11.5 Å². The van der Waals surface area contributed by atoms with Crippen LogP contribution in [0.1, 0.15) is 10.4 Å². The van der Waals surface area contributed by atoms with Crippen LogP contribution in [0.25, 0.3) is 0 Å². The number of nitrogens with one attached hydrogen (secondary N) is 1. The van der Waals surface area contributed by atoms with E-state index in [1.807, 2.05) is 47.4 Å². The van der Waals surface area contributed by atoms with E-state index in [1.54, 1.807) is 0 Å². The largest absolute Gasteiger partial charge is 0.454 e. The Morgan fingerprint density at radius 2 is 1.60 bits per heavy atom. The molecule has 6 nitrogen and oxygen atoms in total. The number of likely N-dealkylation sites (N-methyl/N-ethyl adjacent to an activating group) is 1. The zero-order chi connectivity index (χ0) is 17.2. The Bertz CT molecular complexity index is 768. The molecule has 0 atom stereocenters. The second-order valence-corrected chi connectivity index (χ2v) is 6.37. The molecule has 0 bridgehead atoms. The summed E-state index contributed by atoms with van der Waals surface area (Å²) in [5, 5.41) is 3.32. The smallest absolute Gasteiger partial charge is 0.253 e. The number of benzene rings is 2. The average molecular weight is 339 g/mol. The minimum absolute atomic E-state index is 0.0997. The number of fused-ring (bicyclic) bond motifs is 1. The monoisotopic (exact) mass is 339 g/mol. The Hall–Kier alpha value is -2.73. The molecule has 2 aromatic carbocycles. The molecule has 0 aromatic heterocycles. The van der Waals surface area contributed by atoms with E-state index in [0.717, 1.165) is 54.6 Å². The van der Waals surface area contributed by atoms with Crippen LogP contribution in [0.4, 0.5) is 11.4 Å². The molecule has 0 unspecified atom stereocenters. The van der Waals surface area contributed by atoms with Gasteiger partial charge in [-0.15, -0.1) is 0 Å². The topological polar surface area (TPSA) is 54.0 Å². The maximum atomic E-state index is 12.6. The van der Waals surface area contributed by atoms with Crippen LogP contribution in [0.5, 0.6) is 11.5 Å². The van der Waals surface area contributed by atoms with Gasteiger partial charge in [-0.1, -0.05) is 0 Å². The van der Waals surface area contributed by atoms with E-state index in [9.17, 15) is 4.79 Å². The van der Waals surface area contributed by atoms with E-state index < -0.39 is 0 Å². The molecule has 4 rings (SSSR count). The van der Waals surface area contributed by atoms with Crippen molar-refractivity contribution in [3.63, 3.8) is 0 Å². The number of hydrogen-bond acceptors (Lipinski definition) is 5. The quantitative estimate of drug-likeness (QED) is 0.931. The second-order valence-electron chi connectivity index (χ2n) is 6.37. The van der Waals surface area contributed by atoms with Crippen LogP contribution in [0.15, 0.2) is 42.5 Å². The number of nitrogens with zero attached hydrogens (tertiary/aromatic N) is 2. The number of piperazine rings is 1. The van der Waals surface area contributed by atoms with Gasteiger partial charge >= 0.3 is 0 Å². The molecule has 2 aliphatic heterocycles. The van der Waals surface area contributed by atoms with Crippen LogP contribution in [-0.4, -0.2) is 55.7 Å². The Morgan fingerprint density at radius 3 is 2.36 bits per heavy atom. The van der Waals surface area contributed by atoms with Crippen LogP contribution < -0.4 is 14.8 Å². The van der Waals surface area contributed by atoms with Crippen LogP contribution in [0.3, 0.4) is 0 Å². The lowest BCUT2D eigenvalue weighted by Crippen LogP contribution is -2.47. The minimum Gasteiger partial charge on any atom is -0.454 e. The molecule has 1 amide bonds. The van der Waals surface area contributed by atoms with Crippen molar-refractivity contribution < 1.29 is 14.3 Å². The second kappa shape index (κ2) is 6.64. The standard InChI is InChI=1S/C19H21N3O3/c1-21-8-10-22(11-9-21)19(23)14-2-4-15(5-3-14)20-16-6-7-17-18(12-16)25-13-24-17/h2-7,12,20H,8-11,13H2,1H3. The SMILES string of the molecule is CN1CCN(C(=O)c2ccc(Nc3ccc4c(c3)OCO4)cc2)CC1. The number of rotatable bonds is 3. The summed E-state index contributed by atoms with van der Waals surface area (Å²) in [6, 6.07) is 13.3. The summed E-state index contributed by atoms with van der Waals surface area (Å²) in [5.41, 5.74) is 2.57. The summed E-state index contributed by atoms with van der Waals surface area (Å²) in [7, 11) is 2.08. The third-order valence-corrected chi connectivity index (χ3v) is 4.58. The van der Waals surface area contributed by atoms with Crippen molar-refractivity contribution in [3.05, 3.63) is 48.0 Å². The lowest BCUT2D eigenvalue weighted by atomic mass is 10.1. The highest BCUT2D eigenvalue weighted by Crippen LogP contribution is 2.35. The fourth-order valence-electron chi connectivity index (χ4n) is 3.03. The van der Waals surface area contributed by atoms with Gasteiger partial charge in [0.2, 0.25) is 6.79 Å². The van der Waals surface area contributed by atoms with Crippen LogP contribution in [-0.2, 0) is 0 Å². The van der Waals surface area contributed by atoms with E-state index >= 15 is 0 Å². The average Bonchev–Trinajstić information content (AvgIpc) is 3.10. The molecule has 2 aliphatic rings. The summed E-state index contributed by atoms with van der Waals surface area (Å²) in [4.78, 5) is 16.7. The zero-order valence-corrected chi connectivity index (χ0v) is 14.2. The molecule has 25 heavy (non-hydrogen) atoms. The van der Waals surface area contributed by atoms with Gasteiger partial charge < -0.3 is 24.6 Å². The molecular weight excluding hydrogens is 318 g/mol. The Labute approximate surface area is 146 Å². The molecule has 1 saturated heterocycles. The first-order valence-corrected chi connectivity index (χ1v) is 8.43. The van der Waals surface area contributed by atoms with Crippen LogP contribution in [0.2, 0.25) is 0 Å². The molecule has 2 heterocycles. The van der Waals surface area contributed by atoms with Crippen molar-refractivity contribution in [2.75, 3.05) is 45.3 Å². The zero-order valence-electron chi connectivity index (χ0n) is 14.2. The lowest BCUT2D eigenvalue weighted by molar-refractivity contribution is 0.0664. The maximum absolute atomic E-state index is 12.6. The molecule has 0 aliphatic carbocycles. The molecule has 1 N–H and O–H groups in total. The summed E-state index contributed by atoms with van der Waals surface area (Å²) < 4.78 is 10.7. The summed E-state index contributed by atoms with van der Waals surface area (Å²) in [6.45, 7) is 3.69. The first kappa shape index (κ1) is 15.8. The van der Waals surface area contributed by atoms with Gasteiger partial charge in [0.15, 0.2) is 11.5 Å². The van der Waals surface area contributed by atoms with Crippen molar-refractivity contribution in [2.24, 2.45) is 0 Å². The van der Waals surface area contributed by atoms with Gasteiger partial charge in [0.1, 0.15) is 0 Å². The van der Waals surface area contributed by atoms with Gasteiger partial charge in [0.05, 0.1) is 0 Å². The number of carbonyl (C=O) groups excluding carboxylic acids is 1. The highest BCUT2D eigenvalue weighted by Gasteiger charge is 2.20. The van der Waals surface area contributed by atoms with Crippen LogP contribution in [0, 0.1) is 0 Å². The van der Waals surface area contributed by atoms with Crippen LogP contribution >= 0.6 is 0 Å². The summed E-state index contributed by atoms with van der Waals surface area (Å²) in [5.74, 6) is 1.60. The van der Waals surface area contributed by atoms with Crippen molar-refractivity contribution in [1.29, 1.82) is 0 Å². The number of anilines is 2. The molecule has 2 aromatic rings. The lowest BCUT2D eigenvalue weighted by Gasteiger charge is -2.32. The molecule has 0 radical (unpaired) electrons. The molecule has 130 valence electrons. The van der Waals surface area contributed by atoms with Crippen molar-refractivity contribution in [2.45, 2.75) is 0 Å². The Balaban J connectivity index is 1.42. The van der Waals surface area contributed by atoms with E-state index in [0.29, 0.717) is 0 Å². The Morgan fingerprint density at radius 1 is 0.920 bits per heavy atom. The first-order valence-electron chi connectivity index (χ1n) is 8.43. The minimum atomic E-state index is 0.0997. The highest BCUT2D eigenvalue weighted by molar-refractivity contribution is 5.94. The predicted molar refractivity (Wildman–Crippen MR) is 95.7 cm³/mol. The van der Waals surface area contributed by atoms with Gasteiger partial charge in [-0.2, -0.15) is 0 Å². The third-order valence-electron chi connectivity index (χ3n) is 4.58. The van der Waals surface area contributed by atoms with Gasteiger partial charge in [0.25, 0.3) is 5.91 Å². The van der Waals surface area contributed by atoms with E-state index in [2.05, 4.69) is 17.3 Å². The van der Waals surface area contributed by atoms with E-state index in [4.69, 9.17) is 9.47 Å². The first-order chi connectivity index (χ1) is 12.2. The molecule has 6 heteroatoms. The van der Waals surface area contributed by atoms with E-state index in [1.165, 1.54) is 0 Å². The van der Waals surface area contributed by atoms with Gasteiger partial charge in [-0.05, 0) is 43.4 Å². The van der Waals surface area contributed by atoms with Gasteiger partial charge in [-0.25, -0.2) is 0 Å². The molecular formula is C19H21N3O3. The number of carbonyl (C=O) groups is 1. The van der Waals surface area contributed by atoms with Crippen molar-refractivity contribution >= 4 is 17.3 Å². The molecule has 0 spiro atoms.